The fourth-order valence-electron chi connectivity index (χ4n) is 2.63. The lowest BCUT2D eigenvalue weighted by Gasteiger charge is -2.20. The van der Waals surface area contributed by atoms with E-state index in [2.05, 4.69) is 5.32 Å². The molecule has 0 fully saturated rings. The Hall–Kier alpha value is -1.88. The molecule has 0 saturated heterocycles. The number of ketones is 1. The number of hydrogen-bond donors (Lipinski definition) is 1. The lowest BCUT2D eigenvalue weighted by atomic mass is 10.0. The molecular formula is C20H22Cl2N2O2. The van der Waals surface area contributed by atoms with E-state index in [1.165, 1.54) is 6.92 Å². The molecule has 1 N–H and O–H groups in total. The van der Waals surface area contributed by atoms with Gasteiger partial charge in [0.15, 0.2) is 5.78 Å². The quantitative estimate of drug-likeness (QED) is 0.744. The Morgan fingerprint density at radius 2 is 1.81 bits per heavy atom. The summed E-state index contributed by atoms with van der Waals surface area (Å²) in [5.41, 5.74) is 1.90. The molecule has 1 atom stereocenters. The molecule has 2 aromatic carbocycles. The Morgan fingerprint density at radius 3 is 2.42 bits per heavy atom. The van der Waals surface area contributed by atoms with E-state index in [4.69, 9.17) is 23.2 Å². The minimum atomic E-state index is -0.530. The van der Waals surface area contributed by atoms with Gasteiger partial charge in [-0.3, -0.25) is 14.5 Å². The van der Waals surface area contributed by atoms with Gasteiger partial charge in [0, 0.05) is 16.6 Å². The smallest absolute Gasteiger partial charge is 0.234 e. The molecule has 26 heavy (non-hydrogen) atoms. The summed E-state index contributed by atoms with van der Waals surface area (Å²) in [6, 6.07) is 14.4. The summed E-state index contributed by atoms with van der Waals surface area (Å²) in [7, 11) is 1.82. The summed E-state index contributed by atoms with van der Waals surface area (Å²) in [4.78, 5) is 26.0. The minimum Gasteiger partial charge on any atom is -0.345 e. The summed E-state index contributed by atoms with van der Waals surface area (Å²) in [5.74, 6) is -0.265. The average Bonchev–Trinajstić information content (AvgIpc) is 2.57. The van der Waals surface area contributed by atoms with Crippen molar-refractivity contribution in [2.75, 3.05) is 13.6 Å². The molecule has 0 aliphatic heterocycles. The van der Waals surface area contributed by atoms with Crippen LogP contribution in [0.1, 0.15) is 18.1 Å². The molecule has 2 aromatic rings. The van der Waals surface area contributed by atoms with Crippen LogP contribution in [-0.4, -0.2) is 36.2 Å². The average molecular weight is 393 g/mol. The van der Waals surface area contributed by atoms with Crippen molar-refractivity contribution in [3.8, 4) is 0 Å². The molecule has 0 aliphatic rings. The number of hydrogen-bond acceptors (Lipinski definition) is 3. The van der Waals surface area contributed by atoms with Crippen LogP contribution in [0.4, 0.5) is 0 Å². The van der Waals surface area contributed by atoms with Crippen LogP contribution in [0.3, 0.4) is 0 Å². The van der Waals surface area contributed by atoms with Gasteiger partial charge in [0.25, 0.3) is 0 Å². The molecular weight excluding hydrogens is 371 g/mol. The summed E-state index contributed by atoms with van der Waals surface area (Å²) >= 11 is 12.1. The Labute approximate surface area is 164 Å². The SMILES string of the molecule is CC(=O)[C@H](Cc1ccccc1)NC(=O)CN(C)Cc1ccc(Cl)cc1Cl. The van der Waals surface area contributed by atoms with Crippen molar-refractivity contribution < 1.29 is 9.59 Å². The molecule has 0 unspecified atom stereocenters. The maximum atomic E-state index is 12.3. The van der Waals surface area contributed by atoms with E-state index in [0.717, 1.165) is 11.1 Å². The highest BCUT2D eigenvalue weighted by Crippen LogP contribution is 2.21. The number of rotatable bonds is 8. The van der Waals surface area contributed by atoms with Crippen molar-refractivity contribution in [2.45, 2.75) is 25.9 Å². The van der Waals surface area contributed by atoms with Crippen molar-refractivity contribution in [3.05, 3.63) is 69.7 Å². The van der Waals surface area contributed by atoms with Crippen LogP contribution < -0.4 is 5.32 Å². The molecule has 0 heterocycles. The first-order valence-corrected chi connectivity index (χ1v) is 9.07. The van der Waals surface area contributed by atoms with Gasteiger partial charge in [-0.15, -0.1) is 0 Å². The third kappa shape index (κ3) is 6.45. The summed E-state index contributed by atoms with van der Waals surface area (Å²) < 4.78 is 0. The first-order valence-electron chi connectivity index (χ1n) is 8.31. The molecule has 4 nitrogen and oxygen atoms in total. The number of likely N-dealkylation sites (N-methyl/N-ethyl adjacent to an activating group) is 1. The molecule has 2 rings (SSSR count). The van der Waals surface area contributed by atoms with E-state index < -0.39 is 6.04 Å². The molecule has 138 valence electrons. The second kappa shape index (κ2) is 9.72. The largest absolute Gasteiger partial charge is 0.345 e. The van der Waals surface area contributed by atoms with E-state index in [9.17, 15) is 9.59 Å². The number of carbonyl (C=O) groups excluding carboxylic acids is 2. The number of nitrogens with zero attached hydrogens (tertiary/aromatic N) is 1. The molecule has 0 saturated carbocycles. The van der Waals surface area contributed by atoms with Crippen LogP contribution in [0.25, 0.3) is 0 Å². The Kier molecular flexibility index (Phi) is 7.64. The number of nitrogens with one attached hydrogen (secondary N) is 1. The number of halogens is 2. The predicted molar refractivity (Wildman–Crippen MR) is 106 cm³/mol. The fourth-order valence-corrected chi connectivity index (χ4v) is 3.10. The van der Waals surface area contributed by atoms with E-state index in [-0.39, 0.29) is 18.2 Å². The molecule has 0 spiro atoms. The highest BCUT2D eigenvalue weighted by Gasteiger charge is 2.18. The second-order valence-electron chi connectivity index (χ2n) is 6.33. The van der Waals surface area contributed by atoms with Gasteiger partial charge in [-0.1, -0.05) is 59.6 Å². The molecule has 0 bridgehead atoms. The van der Waals surface area contributed by atoms with Gasteiger partial charge in [0.2, 0.25) is 5.91 Å². The van der Waals surface area contributed by atoms with Gasteiger partial charge in [-0.2, -0.15) is 0 Å². The van der Waals surface area contributed by atoms with Gasteiger partial charge in [-0.05, 0) is 43.7 Å². The van der Waals surface area contributed by atoms with Crippen molar-refractivity contribution in [1.29, 1.82) is 0 Å². The Morgan fingerprint density at radius 1 is 1.12 bits per heavy atom. The second-order valence-corrected chi connectivity index (χ2v) is 7.17. The molecule has 0 aliphatic carbocycles. The van der Waals surface area contributed by atoms with Crippen molar-refractivity contribution >= 4 is 34.9 Å². The van der Waals surface area contributed by atoms with Crippen LogP contribution in [0, 0.1) is 0 Å². The topological polar surface area (TPSA) is 49.4 Å². The van der Waals surface area contributed by atoms with E-state index in [1.54, 1.807) is 12.1 Å². The van der Waals surface area contributed by atoms with Gasteiger partial charge in [0.05, 0.1) is 12.6 Å². The van der Waals surface area contributed by atoms with E-state index in [0.29, 0.717) is 23.0 Å². The van der Waals surface area contributed by atoms with Crippen LogP contribution in [0.2, 0.25) is 10.0 Å². The summed E-state index contributed by atoms with van der Waals surface area (Å²) in [5, 5.41) is 3.96. The zero-order valence-corrected chi connectivity index (χ0v) is 16.3. The zero-order chi connectivity index (χ0) is 19.1. The van der Waals surface area contributed by atoms with Crippen molar-refractivity contribution in [3.63, 3.8) is 0 Å². The van der Waals surface area contributed by atoms with Crippen LogP contribution in [0.15, 0.2) is 48.5 Å². The van der Waals surface area contributed by atoms with E-state index >= 15 is 0 Å². The molecule has 6 heteroatoms. The van der Waals surface area contributed by atoms with Gasteiger partial charge in [0.1, 0.15) is 0 Å². The molecule has 0 radical (unpaired) electrons. The zero-order valence-electron chi connectivity index (χ0n) is 14.8. The fraction of sp³-hybridized carbons (Fsp3) is 0.300. The normalized spacial score (nSPS) is 12.0. The monoisotopic (exact) mass is 392 g/mol. The lowest BCUT2D eigenvalue weighted by Crippen LogP contribution is -2.45. The Balaban J connectivity index is 1.91. The third-order valence-electron chi connectivity index (χ3n) is 3.98. The van der Waals surface area contributed by atoms with Crippen molar-refractivity contribution in [1.82, 2.24) is 10.2 Å². The maximum Gasteiger partial charge on any atom is 0.234 e. The number of carbonyl (C=O) groups is 2. The first-order chi connectivity index (χ1) is 12.3. The Bertz CT molecular complexity index is 766. The van der Waals surface area contributed by atoms with Crippen LogP contribution in [0.5, 0.6) is 0 Å². The molecule has 0 aromatic heterocycles. The van der Waals surface area contributed by atoms with Crippen molar-refractivity contribution in [2.24, 2.45) is 0 Å². The van der Waals surface area contributed by atoms with E-state index in [1.807, 2.05) is 48.3 Å². The maximum absolute atomic E-state index is 12.3. The highest BCUT2D eigenvalue weighted by atomic mass is 35.5. The molecule has 1 amide bonds. The standard InChI is InChI=1S/C20H22Cl2N2O2/c1-14(25)19(10-15-6-4-3-5-7-15)23-20(26)13-24(2)12-16-8-9-17(21)11-18(16)22/h3-9,11,19H,10,12-13H2,1-2H3,(H,23,26)/t19-/m0/s1. The van der Waals surface area contributed by atoms with Gasteiger partial charge < -0.3 is 5.32 Å². The number of benzene rings is 2. The predicted octanol–water partition coefficient (Wildman–Crippen LogP) is 3.74. The first kappa shape index (κ1) is 20.4. The van der Waals surface area contributed by atoms with Crippen LogP contribution in [-0.2, 0) is 22.6 Å². The summed E-state index contributed by atoms with van der Waals surface area (Å²) in [6.07, 6.45) is 0.481. The van der Waals surface area contributed by atoms with Crippen LogP contribution >= 0.6 is 23.2 Å². The number of Topliss-reactive ketones (excluding diaryl/α,β-unsaturated/α-hetero) is 1. The summed E-state index contributed by atoms with van der Waals surface area (Å²) in [6.45, 7) is 2.16. The minimum absolute atomic E-state index is 0.0643. The van der Waals surface area contributed by atoms with Gasteiger partial charge in [-0.25, -0.2) is 0 Å². The number of amides is 1. The third-order valence-corrected chi connectivity index (χ3v) is 4.56. The lowest BCUT2D eigenvalue weighted by molar-refractivity contribution is -0.127. The highest BCUT2D eigenvalue weighted by molar-refractivity contribution is 6.35. The van der Waals surface area contributed by atoms with Gasteiger partial charge >= 0.3 is 0 Å².